The van der Waals surface area contributed by atoms with E-state index in [4.69, 9.17) is 4.74 Å². The highest BCUT2D eigenvalue weighted by Crippen LogP contribution is 2.29. The van der Waals surface area contributed by atoms with Crippen LogP contribution in [0.15, 0.2) is 40.6 Å². The maximum Gasteiger partial charge on any atom is 0.225 e. The highest BCUT2D eigenvalue weighted by molar-refractivity contribution is 9.11. The van der Waals surface area contributed by atoms with E-state index in [2.05, 4.69) is 65.3 Å². The van der Waals surface area contributed by atoms with Gasteiger partial charge in [-0.25, -0.2) is 9.97 Å². The molecule has 3 aromatic rings. The van der Waals surface area contributed by atoms with Crippen molar-refractivity contribution in [3.05, 3.63) is 40.6 Å². The Hall–Kier alpha value is -1.90. The van der Waals surface area contributed by atoms with E-state index in [-0.39, 0.29) is 0 Å². The van der Waals surface area contributed by atoms with Crippen LogP contribution in [-0.2, 0) is 4.74 Å². The van der Waals surface area contributed by atoms with E-state index in [1.165, 1.54) is 43.4 Å². The molecule has 8 heteroatoms. The van der Waals surface area contributed by atoms with Crippen LogP contribution in [0.25, 0.3) is 21.7 Å². The van der Waals surface area contributed by atoms with E-state index < -0.39 is 0 Å². The first-order valence-corrected chi connectivity index (χ1v) is 12.7. The molecule has 2 aliphatic rings. The number of benzene rings is 1. The highest BCUT2D eigenvalue weighted by atomic mass is 79.9. The molecule has 6 nitrogen and oxygen atoms in total. The van der Waals surface area contributed by atoms with Gasteiger partial charge in [-0.1, -0.05) is 54.9 Å². The van der Waals surface area contributed by atoms with Crippen LogP contribution in [0, 0.1) is 0 Å². The third-order valence-corrected chi connectivity index (χ3v) is 7.57. The Morgan fingerprint density at radius 1 is 0.806 bits per heavy atom. The molecular weight excluding hydrogens is 474 g/mol. The summed E-state index contributed by atoms with van der Waals surface area (Å²) in [5.41, 5.74) is 3.17. The standard InChI is InChI=1S/C23H26BrN5OS/c24-22-28-27-21(31-22)17-8-6-16(7-9-17)18-14-25-23(26-15-18)29-12-10-20(11-13-29)30-19-4-2-1-3-5-19/h6-9,14-15,19-20H,1-5,10-13H2. The molecule has 0 bridgehead atoms. The number of aromatic nitrogens is 4. The van der Waals surface area contributed by atoms with E-state index in [0.29, 0.717) is 12.2 Å². The minimum Gasteiger partial charge on any atom is -0.375 e. The van der Waals surface area contributed by atoms with E-state index in [1.54, 1.807) is 0 Å². The summed E-state index contributed by atoms with van der Waals surface area (Å²) in [6, 6.07) is 8.29. The van der Waals surface area contributed by atoms with Crippen molar-refractivity contribution in [2.45, 2.75) is 57.2 Å². The Bertz CT molecular complexity index is 980. The van der Waals surface area contributed by atoms with Gasteiger partial charge in [-0.05, 0) is 47.2 Å². The number of hydrogen-bond acceptors (Lipinski definition) is 7. The average Bonchev–Trinajstić information content (AvgIpc) is 3.27. The first-order chi connectivity index (χ1) is 15.2. The number of piperidine rings is 1. The Kier molecular flexibility index (Phi) is 6.57. The number of nitrogens with zero attached hydrogens (tertiary/aromatic N) is 5. The van der Waals surface area contributed by atoms with Gasteiger partial charge in [0.25, 0.3) is 0 Å². The van der Waals surface area contributed by atoms with Crippen LogP contribution in [0.2, 0.25) is 0 Å². The maximum atomic E-state index is 6.36. The summed E-state index contributed by atoms with van der Waals surface area (Å²) < 4.78 is 7.15. The quantitative estimate of drug-likeness (QED) is 0.445. The second-order valence-electron chi connectivity index (χ2n) is 8.29. The van der Waals surface area contributed by atoms with Crippen molar-refractivity contribution in [2.24, 2.45) is 0 Å². The predicted octanol–water partition coefficient (Wildman–Crippen LogP) is 5.74. The number of hydrogen-bond donors (Lipinski definition) is 0. The summed E-state index contributed by atoms with van der Waals surface area (Å²) in [5, 5.41) is 9.09. The molecule has 0 spiro atoms. The third-order valence-electron chi connectivity index (χ3n) is 6.17. The van der Waals surface area contributed by atoms with Crippen LogP contribution in [-0.4, -0.2) is 45.5 Å². The van der Waals surface area contributed by atoms with E-state index in [9.17, 15) is 0 Å². The second-order valence-corrected chi connectivity index (χ2v) is 10.5. The topological polar surface area (TPSA) is 64.0 Å². The fourth-order valence-electron chi connectivity index (χ4n) is 4.43. The molecule has 3 heterocycles. The second kappa shape index (κ2) is 9.71. The number of ether oxygens (including phenoxy) is 1. The molecule has 31 heavy (non-hydrogen) atoms. The molecular formula is C23H26BrN5OS. The normalized spacial score (nSPS) is 18.4. The van der Waals surface area contributed by atoms with Crippen molar-refractivity contribution in [3.8, 4) is 21.7 Å². The molecule has 0 unspecified atom stereocenters. The van der Waals surface area contributed by atoms with E-state index in [1.807, 2.05) is 12.4 Å². The molecule has 0 amide bonds. The molecule has 0 radical (unpaired) electrons. The Balaban J connectivity index is 1.17. The minimum atomic E-state index is 0.394. The van der Waals surface area contributed by atoms with Gasteiger partial charge in [-0.3, -0.25) is 0 Å². The molecule has 1 aromatic carbocycles. The third kappa shape index (κ3) is 5.13. The molecule has 162 valence electrons. The lowest BCUT2D eigenvalue weighted by atomic mass is 9.97. The predicted molar refractivity (Wildman–Crippen MR) is 127 cm³/mol. The maximum absolute atomic E-state index is 6.36. The highest BCUT2D eigenvalue weighted by Gasteiger charge is 2.25. The molecule has 2 aromatic heterocycles. The van der Waals surface area contributed by atoms with Gasteiger partial charge in [0.2, 0.25) is 5.95 Å². The van der Waals surface area contributed by atoms with Gasteiger partial charge in [0.1, 0.15) is 5.01 Å². The molecule has 1 saturated carbocycles. The molecule has 0 N–H and O–H groups in total. The zero-order valence-corrected chi connectivity index (χ0v) is 19.8. The van der Waals surface area contributed by atoms with Crippen molar-refractivity contribution in [2.75, 3.05) is 18.0 Å². The van der Waals surface area contributed by atoms with E-state index >= 15 is 0 Å². The summed E-state index contributed by atoms with van der Waals surface area (Å²) in [5.74, 6) is 0.815. The fraction of sp³-hybridized carbons (Fsp3) is 0.478. The average molecular weight is 500 g/mol. The fourth-order valence-corrected chi connectivity index (χ4v) is 5.54. The molecule has 1 aliphatic carbocycles. The number of rotatable bonds is 5. The van der Waals surface area contributed by atoms with Gasteiger partial charge < -0.3 is 9.64 Å². The zero-order chi connectivity index (χ0) is 21.0. The van der Waals surface area contributed by atoms with Gasteiger partial charge in [-0.2, -0.15) is 0 Å². The van der Waals surface area contributed by atoms with Gasteiger partial charge in [0, 0.05) is 36.6 Å². The van der Waals surface area contributed by atoms with Crippen LogP contribution in [0.5, 0.6) is 0 Å². The summed E-state index contributed by atoms with van der Waals surface area (Å²) in [7, 11) is 0. The lowest BCUT2D eigenvalue weighted by molar-refractivity contribution is -0.0396. The lowest BCUT2D eigenvalue weighted by Gasteiger charge is -2.34. The van der Waals surface area contributed by atoms with Gasteiger partial charge >= 0.3 is 0 Å². The Labute approximate surface area is 195 Å². The monoisotopic (exact) mass is 499 g/mol. The van der Waals surface area contributed by atoms with Crippen molar-refractivity contribution >= 4 is 33.2 Å². The molecule has 0 atom stereocenters. The Morgan fingerprint density at radius 3 is 2.10 bits per heavy atom. The van der Waals surface area contributed by atoms with Crippen LogP contribution >= 0.6 is 27.3 Å². The molecule has 1 aliphatic heterocycles. The van der Waals surface area contributed by atoms with Crippen molar-refractivity contribution in [1.82, 2.24) is 20.2 Å². The van der Waals surface area contributed by atoms with E-state index in [0.717, 1.165) is 57.5 Å². The Morgan fingerprint density at radius 2 is 1.45 bits per heavy atom. The summed E-state index contributed by atoms with van der Waals surface area (Å²) in [6.07, 6.45) is 13.3. The van der Waals surface area contributed by atoms with Crippen LogP contribution in [0.4, 0.5) is 5.95 Å². The molecule has 5 rings (SSSR count). The summed E-state index contributed by atoms with van der Waals surface area (Å²) in [6.45, 7) is 1.92. The smallest absolute Gasteiger partial charge is 0.225 e. The number of halogens is 1. The largest absolute Gasteiger partial charge is 0.375 e. The lowest BCUT2D eigenvalue weighted by Crippen LogP contribution is -2.39. The summed E-state index contributed by atoms with van der Waals surface area (Å²) >= 11 is 4.89. The zero-order valence-electron chi connectivity index (χ0n) is 17.4. The molecule has 2 fully saturated rings. The number of anilines is 1. The summed E-state index contributed by atoms with van der Waals surface area (Å²) in [4.78, 5) is 11.6. The molecule has 1 saturated heterocycles. The SMILES string of the molecule is Brc1nnc(-c2ccc(-c3cnc(N4CCC(OC5CCCCC5)CC4)nc3)cc2)s1. The van der Waals surface area contributed by atoms with Crippen LogP contribution in [0.1, 0.15) is 44.9 Å². The van der Waals surface area contributed by atoms with Crippen LogP contribution in [0.3, 0.4) is 0 Å². The minimum absolute atomic E-state index is 0.394. The van der Waals surface area contributed by atoms with Gasteiger partial charge in [0.05, 0.1) is 12.2 Å². The van der Waals surface area contributed by atoms with Crippen molar-refractivity contribution in [3.63, 3.8) is 0 Å². The first-order valence-electron chi connectivity index (χ1n) is 11.1. The van der Waals surface area contributed by atoms with Crippen LogP contribution < -0.4 is 4.90 Å². The van der Waals surface area contributed by atoms with Crippen molar-refractivity contribution < 1.29 is 4.74 Å². The van der Waals surface area contributed by atoms with Gasteiger partial charge in [-0.15, -0.1) is 10.2 Å². The van der Waals surface area contributed by atoms with Gasteiger partial charge in [0.15, 0.2) is 3.92 Å². The first kappa shape index (κ1) is 21.0. The van der Waals surface area contributed by atoms with Crippen molar-refractivity contribution in [1.29, 1.82) is 0 Å².